The summed E-state index contributed by atoms with van der Waals surface area (Å²) >= 11 is 0. The van der Waals surface area contributed by atoms with E-state index >= 15 is 0 Å². The number of amides is 1. The first-order valence-electron chi connectivity index (χ1n) is 10.2. The van der Waals surface area contributed by atoms with E-state index in [9.17, 15) is 22.4 Å². The number of para-hydroxylation sites is 1. The SMILES string of the molecule is O=C(Nc1ccc(-n2ccnc2)c(F)c1)c1ccccc1NS(=O)(=O)c1ccc2[nH]c(=O)[nH]c2c1. The van der Waals surface area contributed by atoms with Gasteiger partial charge in [-0.2, -0.15) is 0 Å². The molecule has 5 rings (SSSR count). The molecule has 2 heterocycles. The Balaban J connectivity index is 1.40. The molecule has 0 unspecified atom stereocenters. The van der Waals surface area contributed by atoms with E-state index in [1.165, 1.54) is 59.6 Å². The second-order valence-electron chi connectivity index (χ2n) is 7.53. The van der Waals surface area contributed by atoms with Crippen LogP contribution in [0, 0.1) is 5.82 Å². The molecule has 0 fully saturated rings. The minimum atomic E-state index is -4.10. The fourth-order valence-corrected chi connectivity index (χ4v) is 4.65. The highest BCUT2D eigenvalue weighted by Gasteiger charge is 2.20. The van der Waals surface area contributed by atoms with Crippen LogP contribution in [0.15, 0.2) is 89.1 Å². The van der Waals surface area contributed by atoms with Gasteiger partial charge in [0.05, 0.1) is 39.2 Å². The van der Waals surface area contributed by atoms with Gasteiger partial charge in [-0.1, -0.05) is 12.1 Å². The highest BCUT2D eigenvalue weighted by Crippen LogP contribution is 2.24. The summed E-state index contributed by atoms with van der Waals surface area (Å²) in [4.78, 5) is 33.2. The van der Waals surface area contributed by atoms with Crippen LogP contribution >= 0.6 is 0 Å². The first-order chi connectivity index (χ1) is 16.8. The van der Waals surface area contributed by atoms with E-state index in [4.69, 9.17) is 0 Å². The van der Waals surface area contributed by atoms with Crippen molar-refractivity contribution < 1.29 is 17.6 Å². The number of aromatic amines is 2. The Morgan fingerprint density at radius 3 is 2.57 bits per heavy atom. The summed E-state index contributed by atoms with van der Waals surface area (Å²) < 4.78 is 44.4. The number of rotatable bonds is 6. The summed E-state index contributed by atoms with van der Waals surface area (Å²) in [6.45, 7) is 0. The molecule has 176 valence electrons. The highest BCUT2D eigenvalue weighted by molar-refractivity contribution is 7.92. The zero-order valence-electron chi connectivity index (χ0n) is 17.8. The number of nitrogens with one attached hydrogen (secondary N) is 4. The summed E-state index contributed by atoms with van der Waals surface area (Å²) in [5.74, 6) is -1.21. The molecular weight excluding hydrogens is 475 g/mol. The Hall–Kier alpha value is -4.71. The van der Waals surface area contributed by atoms with Gasteiger partial charge in [-0.25, -0.2) is 22.6 Å². The lowest BCUT2D eigenvalue weighted by molar-refractivity contribution is 0.102. The Labute approximate surface area is 197 Å². The standard InChI is InChI=1S/C23H17FN6O4S/c24-17-11-14(5-8-21(17)30-10-9-25-13-30)26-22(31)16-3-1-2-4-18(16)29-35(33,34)15-6-7-19-20(12-15)28-23(32)27-19/h1-13,29H,(H,26,31)(H2,27,28,32). The van der Waals surface area contributed by atoms with Crippen molar-refractivity contribution in [2.45, 2.75) is 4.90 Å². The normalized spacial score (nSPS) is 11.5. The van der Waals surface area contributed by atoms with Crippen molar-refractivity contribution >= 4 is 38.3 Å². The molecule has 12 heteroatoms. The number of carbonyl (C=O) groups is 1. The average molecular weight is 492 g/mol. The lowest BCUT2D eigenvalue weighted by Crippen LogP contribution is -2.18. The van der Waals surface area contributed by atoms with Crippen molar-refractivity contribution in [1.29, 1.82) is 0 Å². The summed E-state index contributed by atoms with van der Waals surface area (Å²) in [6, 6.07) is 14.3. The van der Waals surface area contributed by atoms with Gasteiger partial charge in [-0.3, -0.25) is 9.52 Å². The van der Waals surface area contributed by atoms with E-state index in [1.54, 1.807) is 18.3 Å². The van der Waals surface area contributed by atoms with Gasteiger partial charge in [0.2, 0.25) is 0 Å². The molecule has 0 aliphatic heterocycles. The van der Waals surface area contributed by atoms with Crippen LogP contribution in [0.1, 0.15) is 10.4 Å². The average Bonchev–Trinajstić information content (AvgIpc) is 3.47. The molecule has 35 heavy (non-hydrogen) atoms. The van der Waals surface area contributed by atoms with Gasteiger partial charge in [-0.05, 0) is 48.5 Å². The van der Waals surface area contributed by atoms with E-state index in [1.807, 2.05) is 0 Å². The molecule has 10 nitrogen and oxygen atoms in total. The second-order valence-corrected chi connectivity index (χ2v) is 9.21. The van der Waals surface area contributed by atoms with Crippen molar-refractivity contribution in [3.05, 3.63) is 101 Å². The van der Waals surface area contributed by atoms with E-state index < -0.39 is 27.4 Å². The van der Waals surface area contributed by atoms with Crippen molar-refractivity contribution in [3.8, 4) is 5.69 Å². The van der Waals surface area contributed by atoms with Crippen molar-refractivity contribution in [2.24, 2.45) is 0 Å². The zero-order valence-corrected chi connectivity index (χ0v) is 18.6. The predicted molar refractivity (Wildman–Crippen MR) is 128 cm³/mol. The maximum atomic E-state index is 14.6. The van der Waals surface area contributed by atoms with Crippen molar-refractivity contribution in [2.75, 3.05) is 10.0 Å². The van der Waals surface area contributed by atoms with Crippen LogP contribution in [0.4, 0.5) is 15.8 Å². The number of nitrogens with zero attached hydrogens (tertiary/aromatic N) is 2. The van der Waals surface area contributed by atoms with Crippen LogP contribution in [0.25, 0.3) is 16.7 Å². The van der Waals surface area contributed by atoms with Gasteiger partial charge < -0.3 is 19.9 Å². The molecule has 5 aromatic rings. The number of benzene rings is 3. The number of anilines is 2. The minimum Gasteiger partial charge on any atom is -0.322 e. The van der Waals surface area contributed by atoms with Crippen LogP contribution in [-0.4, -0.2) is 33.8 Å². The highest BCUT2D eigenvalue weighted by atomic mass is 32.2. The molecule has 0 aliphatic carbocycles. The van der Waals surface area contributed by atoms with E-state index in [0.717, 1.165) is 6.07 Å². The summed E-state index contributed by atoms with van der Waals surface area (Å²) in [5, 5.41) is 2.58. The van der Waals surface area contributed by atoms with Gasteiger partial charge in [0.25, 0.3) is 15.9 Å². The first-order valence-corrected chi connectivity index (χ1v) is 11.7. The van der Waals surface area contributed by atoms with Crippen molar-refractivity contribution in [1.82, 2.24) is 19.5 Å². The number of H-pyrrole nitrogens is 2. The molecule has 0 aliphatic rings. The van der Waals surface area contributed by atoms with Gasteiger partial charge >= 0.3 is 5.69 Å². The summed E-state index contributed by atoms with van der Waals surface area (Å²) in [5.41, 5.74) is 0.837. The molecule has 0 atom stereocenters. The predicted octanol–water partition coefficient (Wildman–Crippen LogP) is 3.23. The quantitative estimate of drug-likeness (QED) is 0.288. The Bertz CT molecular complexity index is 1720. The maximum absolute atomic E-state index is 14.6. The zero-order chi connectivity index (χ0) is 24.6. The molecule has 2 aromatic heterocycles. The third kappa shape index (κ3) is 4.42. The molecule has 1 amide bonds. The largest absolute Gasteiger partial charge is 0.323 e. The first kappa shape index (κ1) is 22.1. The summed E-state index contributed by atoms with van der Waals surface area (Å²) in [7, 11) is -4.10. The van der Waals surface area contributed by atoms with Gasteiger partial charge in [-0.15, -0.1) is 0 Å². The Kier molecular flexibility index (Phi) is 5.41. The smallest absolute Gasteiger partial charge is 0.322 e. The monoisotopic (exact) mass is 492 g/mol. The molecule has 0 spiro atoms. The van der Waals surface area contributed by atoms with Gasteiger partial charge in [0.1, 0.15) is 5.82 Å². The molecule has 0 bridgehead atoms. The van der Waals surface area contributed by atoms with Crippen LogP contribution in [0.2, 0.25) is 0 Å². The van der Waals surface area contributed by atoms with Crippen LogP contribution < -0.4 is 15.7 Å². The summed E-state index contributed by atoms with van der Waals surface area (Å²) in [6.07, 6.45) is 4.55. The van der Waals surface area contributed by atoms with Crippen molar-refractivity contribution in [3.63, 3.8) is 0 Å². The molecule has 0 saturated carbocycles. The van der Waals surface area contributed by atoms with Crippen LogP contribution in [0.5, 0.6) is 0 Å². The number of aromatic nitrogens is 4. The number of imidazole rings is 2. The lowest BCUT2D eigenvalue weighted by atomic mass is 10.1. The van der Waals surface area contributed by atoms with Crippen LogP contribution in [0.3, 0.4) is 0 Å². The Morgan fingerprint density at radius 1 is 1.00 bits per heavy atom. The van der Waals surface area contributed by atoms with E-state index in [-0.39, 0.29) is 27.5 Å². The third-order valence-electron chi connectivity index (χ3n) is 5.20. The molecular formula is C23H17FN6O4S. The fraction of sp³-hybridized carbons (Fsp3) is 0. The maximum Gasteiger partial charge on any atom is 0.323 e. The molecule has 0 radical (unpaired) electrons. The number of carbonyl (C=O) groups excluding carboxylic acids is 1. The molecule has 4 N–H and O–H groups in total. The van der Waals surface area contributed by atoms with E-state index in [2.05, 4.69) is 25.0 Å². The number of hydrogen-bond acceptors (Lipinski definition) is 5. The molecule has 3 aromatic carbocycles. The second kappa shape index (κ2) is 8.57. The number of fused-ring (bicyclic) bond motifs is 1. The topological polar surface area (TPSA) is 142 Å². The Morgan fingerprint density at radius 2 is 1.80 bits per heavy atom. The van der Waals surface area contributed by atoms with Gasteiger partial charge in [0.15, 0.2) is 0 Å². The van der Waals surface area contributed by atoms with E-state index in [0.29, 0.717) is 11.0 Å². The minimum absolute atomic E-state index is 0.0307. The number of hydrogen-bond donors (Lipinski definition) is 4. The van der Waals surface area contributed by atoms with Gasteiger partial charge in [0, 0.05) is 18.1 Å². The molecule has 0 saturated heterocycles. The third-order valence-corrected chi connectivity index (χ3v) is 6.57. The fourth-order valence-electron chi connectivity index (χ4n) is 3.55. The van der Waals surface area contributed by atoms with Crippen LogP contribution in [-0.2, 0) is 10.0 Å². The number of halogens is 1. The lowest BCUT2D eigenvalue weighted by Gasteiger charge is -2.13. The number of sulfonamides is 1.